The van der Waals surface area contributed by atoms with Crippen LogP contribution in [0.1, 0.15) is 297 Å². The fourth-order valence-corrected chi connectivity index (χ4v) is 8.47. The van der Waals surface area contributed by atoms with Crippen molar-refractivity contribution < 1.29 is 28.6 Å². The molecule has 0 saturated heterocycles. The molecule has 0 spiro atoms. The number of allylic oxidation sites excluding steroid dienone is 12. The molecule has 0 heterocycles. The molecule has 0 aromatic carbocycles. The van der Waals surface area contributed by atoms with Gasteiger partial charge in [-0.05, 0) is 83.5 Å². The number of esters is 3. The van der Waals surface area contributed by atoms with Gasteiger partial charge >= 0.3 is 17.9 Å². The molecule has 0 N–H and O–H groups in total. The Kier molecular flexibility index (Phi) is 55.8. The summed E-state index contributed by atoms with van der Waals surface area (Å²) in [5.41, 5.74) is 0. The predicted octanol–water partition coefficient (Wildman–Crippen LogP) is 20.2. The molecule has 0 rings (SSSR count). The Labute approximate surface area is 433 Å². The molecule has 0 amide bonds. The van der Waals surface area contributed by atoms with Crippen molar-refractivity contribution in [3.8, 4) is 0 Å². The summed E-state index contributed by atoms with van der Waals surface area (Å²) in [6, 6.07) is 0. The van der Waals surface area contributed by atoms with Crippen LogP contribution in [-0.2, 0) is 28.6 Å². The van der Waals surface area contributed by atoms with Gasteiger partial charge in [0.15, 0.2) is 6.10 Å². The zero-order valence-corrected chi connectivity index (χ0v) is 46.3. The van der Waals surface area contributed by atoms with Crippen LogP contribution in [-0.4, -0.2) is 37.2 Å². The summed E-state index contributed by atoms with van der Waals surface area (Å²) in [7, 11) is 0. The quantitative estimate of drug-likeness (QED) is 0.0261. The summed E-state index contributed by atoms with van der Waals surface area (Å²) in [5.74, 6) is -0.893. The molecular formula is C64H112O6. The highest BCUT2D eigenvalue weighted by Crippen LogP contribution is 2.17. The van der Waals surface area contributed by atoms with Gasteiger partial charge < -0.3 is 14.2 Å². The van der Waals surface area contributed by atoms with Crippen LogP contribution in [0.5, 0.6) is 0 Å². The highest BCUT2D eigenvalue weighted by Gasteiger charge is 2.19. The normalized spacial score (nSPS) is 12.6. The number of rotatable bonds is 54. The summed E-state index contributed by atoms with van der Waals surface area (Å²) in [6.45, 7) is 6.41. The minimum absolute atomic E-state index is 0.0773. The molecule has 1 atom stereocenters. The summed E-state index contributed by atoms with van der Waals surface area (Å²) < 4.78 is 16.7. The van der Waals surface area contributed by atoms with Gasteiger partial charge in [-0.1, -0.05) is 267 Å². The zero-order chi connectivity index (χ0) is 50.7. The van der Waals surface area contributed by atoms with Crippen LogP contribution in [0.15, 0.2) is 72.9 Å². The van der Waals surface area contributed by atoms with E-state index in [1.807, 2.05) is 0 Å². The predicted molar refractivity (Wildman–Crippen MR) is 302 cm³/mol. The highest BCUT2D eigenvalue weighted by molar-refractivity contribution is 5.71. The van der Waals surface area contributed by atoms with Crippen molar-refractivity contribution in [3.63, 3.8) is 0 Å². The summed E-state index contributed by atoms with van der Waals surface area (Å²) in [6.07, 6.45) is 75.3. The van der Waals surface area contributed by atoms with E-state index in [1.165, 1.54) is 141 Å². The van der Waals surface area contributed by atoms with Crippen molar-refractivity contribution in [1.29, 1.82) is 0 Å². The van der Waals surface area contributed by atoms with E-state index in [9.17, 15) is 14.4 Å². The molecule has 0 aliphatic carbocycles. The largest absolute Gasteiger partial charge is 0.462 e. The standard InChI is InChI=1S/C64H112O6/c1-4-7-10-13-16-18-20-22-23-24-25-26-27-28-29-30-31-32-33-34-35-36-37-38-39-40-41-43-44-46-48-51-54-57-63(66)69-60-61(59-68-62(65)56-53-50-15-12-9-6-3)70-64(67)58-55-52-49-47-45-42-21-19-17-14-11-8-5-2/h7,10-11,14,16,18-19,21-23,25-26,61H,4-6,8-9,12-13,15,17,20,24,27-60H2,1-3H3/b10-7-,14-11-,18-16-,21-19-,23-22-,26-25-. The number of carbonyl (C=O) groups excluding carboxylic acids is 3. The van der Waals surface area contributed by atoms with Crippen molar-refractivity contribution >= 4 is 17.9 Å². The SMILES string of the molecule is CC/C=C\C/C=C\C/C=C\C/C=C\CCCCCCCCCCCCCCCCCCCCCCC(=O)OCC(COC(=O)CCCCCCCC)OC(=O)CCCCCCC/C=C\C/C=C\CCC. The van der Waals surface area contributed by atoms with Crippen molar-refractivity contribution in [3.05, 3.63) is 72.9 Å². The van der Waals surface area contributed by atoms with Crippen LogP contribution in [0.3, 0.4) is 0 Å². The van der Waals surface area contributed by atoms with Gasteiger partial charge in [0.25, 0.3) is 0 Å². The lowest BCUT2D eigenvalue weighted by molar-refractivity contribution is -0.167. The Hall–Kier alpha value is -3.15. The Morgan fingerprint density at radius 1 is 0.300 bits per heavy atom. The molecule has 0 radical (unpaired) electrons. The van der Waals surface area contributed by atoms with E-state index in [2.05, 4.69) is 93.7 Å². The number of unbranched alkanes of at least 4 members (excludes halogenated alkanes) is 31. The third kappa shape index (κ3) is 55.8. The maximum absolute atomic E-state index is 12.7. The second kappa shape index (κ2) is 58.4. The molecule has 0 aromatic heterocycles. The van der Waals surface area contributed by atoms with Crippen molar-refractivity contribution in [1.82, 2.24) is 0 Å². The smallest absolute Gasteiger partial charge is 0.306 e. The first-order valence-corrected chi connectivity index (χ1v) is 29.9. The number of hydrogen-bond donors (Lipinski definition) is 0. The molecule has 0 saturated carbocycles. The topological polar surface area (TPSA) is 78.9 Å². The molecule has 0 aromatic rings. The van der Waals surface area contributed by atoms with E-state index in [4.69, 9.17) is 14.2 Å². The first kappa shape index (κ1) is 66.9. The monoisotopic (exact) mass is 977 g/mol. The average molecular weight is 978 g/mol. The lowest BCUT2D eigenvalue weighted by Gasteiger charge is -2.18. The third-order valence-corrected chi connectivity index (χ3v) is 12.9. The molecular weight excluding hydrogens is 865 g/mol. The summed E-state index contributed by atoms with van der Waals surface area (Å²) >= 11 is 0. The van der Waals surface area contributed by atoms with Crippen LogP contribution in [0.2, 0.25) is 0 Å². The van der Waals surface area contributed by atoms with Gasteiger partial charge in [0, 0.05) is 19.3 Å². The van der Waals surface area contributed by atoms with Gasteiger partial charge in [0.1, 0.15) is 13.2 Å². The highest BCUT2D eigenvalue weighted by atomic mass is 16.6. The van der Waals surface area contributed by atoms with E-state index < -0.39 is 6.10 Å². The van der Waals surface area contributed by atoms with E-state index in [0.29, 0.717) is 19.3 Å². The molecule has 6 heteroatoms. The Bertz CT molecular complexity index is 1310. The minimum Gasteiger partial charge on any atom is -0.462 e. The Morgan fingerprint density at radius 3 is 0.929 bits per heavy atom. The van der Waals surface area contributed by atoms with E-state index in [1.54, 1.807) is 0 Å². The Morgan fingerprint density at radius 2 is 0.586 bits per heavy atom. The maximum atomic E-state index is 12.7. The van der Waals surface area contributed by atoms with Crippen molar-refractivity contribution in [2.45, 2.75) is 303 Å². The molecule has 6 nitrogen and oxygen atoms in total. The van der Waals surface area contributed by atoms with Crippen LogP contribution in [0, 0.1) is 0 Å². The van der Waals surface area contributed by atoms with E-state index >= 15 is 0 Å². The molecule has 0 bridgehead atoms. The van der Waals surface area contributed by atoms with E-state index in [0.717, 1.165) is 116 Å². The van der Waals surface area contributed by atoms with Gasteiger partial charge in [-0.15, -0.1) is 0 Å². The first-order valence-electron chi connectivity index (χ1n) is 29.9. The lowest BCUT2D eigenvalue weighted by atomic mass is 10.0. The van der Waals surface area contributed by atoms with Gasteiger partial charge in [0.05, 0.1) is 0 Å². The first-order chi connectivity index (χ1) is 34.5. The van der Waals surface area contributed by atoms with Crippen molar-refractivity contribution in [2.75, 3.05) is 13.2 Å². The summed E-state index contributed by atoms with van der Waals surface area (Å²) in [4.78, 5) is 37.8. The second-order valence-electron chi connectivity index (χ2n) is 19.9. The molecule has 0 aliphatic rings. The third-order valence-electron chi connectivity index (χ3n) is 12.9. The fourth-order valence-electron chi connectivity index (χ4n) is 8.47. The van der Waals surface area contributed by atoms with Crippen LogP contribution in [0.25, 0.3) is 0 Å². The molecule has 404 valence electrons. The summed E-state index contributed by atoms with van der Waals surface area (Å²) in [5, 5.41) is 0. The van der Waals surface area contributed by atoms with Gasteiger partial charge in [-0.2, -0.15) is 0 Å². The van der Waals surface area contributed by atoms with Gasteiger partial charge in [-0.25, -0.2) is 0 Å². The molecule has 0 aliphatic heterocycles. The van der Waals surface area contributed by atoms with Crippen LogP contribution in [0.4, 0.5) is 0 Å². The minimum atomic E-state index is -0.776. The zero-order valence-electron chi connectivity index (χ0n) is 46.3. The molecule has 70 heavy (non-hydrogen) atoms. The maximum Gasteiger partial charge on any atom is 0.306 e. The van der Waals surface area contributed by atoms with Crippen LogP contribution < -0.4 is 0 Å². The van der Waals surface area contributed by atoms with Gasteiger partial charge in [-0.3, -0.25) is 14.4 Å². The molecule has 1 unspecified atom stereocenters. The number of carbonyl (C=O) groups is 3. The van der Waals surface area contributed by atoms with Gasteiger partial charge in [0.2, 0.25) is 0 Å². The number of ether oxygens (including phenoxy) is 3. The van der Waals surface area contributed by atoms with Crippen LogP contribution >= 0.6 is 0 Å². The number of hydrogen-bond acceptors (Lipinski definition) is 6. The second-order valence-corrected chi connectivity index (χ2v) is 19.9. The molecule has 0 fully saturated rings. The average Bonchev–Trinajstić information content (AvgIpc) is 3.36. The lowest BCUT2D eigenvalue weighted by Crippen LogP contribution is -2.30. The van der Waals surface area contributed by atoms with Crippen molar-refractivity contribution in [2.24, 2.45) is 0 Å². The van der Waals surface area contributed by atoms with E-state index in [-0.39, 0.29) is 31.1 Å². The Balaban J connectivity index is 3.93. The fraction of sp³-hybridized carbons (Fsp3) is 0.766.